The van der Waals surface area contributed by atoms with Crippen molar-refractivity contribution in [2.24, 2.45) is 5.73 Å². The third-order valence-electron chi connectivity index (χ3n) is 3.09. The lowest BCUT2D eigenvalue weighted by Crippen LogP contribution is -2.13. The average Bonchev–Trinajstić information content (AvgIpc) is 2.62. The van der Waals surface area contributed by atoms with Crippen molar-refractivity contribution < 1.29 is 0 Å². The first kappa shape index (κ1) is 11.1. The normalized spacial score (nSPS) is 20.3. The number of hydrogen-bond acceptors (Lipinski definition) is 3. The minimum Gasteiger partial charge on any atom is -0.330 e. The molecule has 15 heavy (non-hydrogen) atoms. The Balaban J connectivity index is 2.18. The van der Waals surface area contributed by atoms with Crippen molar-refractivity contribution in [3.8, 4) is 0 Å². The van der Waals surface area contributed by atoms with Gasteiger partial charge in [0, 0.05) is 10.8 Å². The second-order valence-corrected chi connectivity index (χ2v) is 5.50. The van der Waals surface area contributed by atoms with Crippen LogP contribution in [0.5, 0.6) is 0 Å². The maximum atomic E-state index is 5.66. The fourth-order valence-corrected chi connectivity index (χ4v) is 3.66. The third-order valence-corrected chi connectivity index (χ3v) is 4.28. The van der Waals surface area contributed by atoms with Crippen molar-refractivity contribution in [3.63, 3.8) is 0 Å². The SMILES string of the molecule is CCCc1nc2c(s1)CCCC2CCN. The van der Waals surface area contributed by atoms with E-state index in [4.69, 9.17) is 10.7 Å². The van der Waals surface area contributed by atoms with Crippen LogP contribution < -0.4 is 5.73 Å². The number of aryl methyl sites for hydroxylation is 2. The zero-order valence-corrected chi connectivity index (χ0v) is 10.3. The molecule has 0 saturated carbocycles. The summed E-state index contributed by atoms with van der Waals surface area (Å²) < 4.78 is 0. The molecule has 0 amide bonds. The minimum absolute atomic E-state index is 0.653. The number of nitrogens with two attached hydrogens (primary N) is 1. The van der Waals surface area contributed by atoms with E-state index in [1.54, 1.807) is 4.88 Å². The van der Waals surface area contributed by atoms with Gasteiger partial charge in [-0.15, -0.1) is 11.3 Å². The van der Waals surface area contributed by atoms with E-state index in [2.05, 4.69) is 6.92 Å². The van der Waals surface area contributed by atoms with Gasteiger partial charge in [-0.3, -0.25) is 0 Å². The molecule has 0 radical (unpaired) electrons. The Kier molecular flexibility index (Phi) is 3.76. The van der Waals surface area contributed by atoms with Gasteiger partial charge in [-0.2, -0.15) is 0 Å². The van der Waals surface area contributed by atoms with Gasteiger partial charge in [0.15, 0.2) is 0 Å². The van der Waals surface area contributed by atoms with Crippen LogP contribution in [-0.4, -0.2) is 11.5 Å². The van der Waals surface area contributed by atoms with Crippen molar-refractivity contribution in [1.82, 2.24) is 4.98 Å². The molecule has 1 unspecified atom stereocenters. The van der Waals surface area contributed by atoms with Crippen LogP contribution in [0.3, 0.4) is 0 Å². The van der Waals surface area contributed by atoms with Crippen LogP contribution in [0.25, 0.3) is 0 Å². The molecule has 1 atom stereocenters. The van der Waals surface area contributed by atoms with Gasteiger partial charge in [0.05, 0.1) is 10.7 Å². The van der Waals surface area contributed by atoms with Gasteiger partial charge in [-0.25, -0.2) is 4.98 Å². The first-order chi connectivity index (χ1) is 7.35. The maximum Gasteiger partial charge on any atom is 0.0931 e. The zero-order valence-electron chi connectivity index (χ0n) is 9.46. The van der Waals surface area contributed by atoms with Gasteiger partial charge in [0.1, 0.15) is 0 Å². The highest BCUT2D eigenvalue weighted by atomic mass is 32.1. The predicted octanol–water partition coefficient (Wildman–Crippen LogP) is 2.86. The van der Waals surface area contributed by atoms with Crippen molar-refractivity contribution in [2.45, 2.75) is 51.4 Å². The molecule has 1 aliphatic carbocycles. The Morgan fingerprint density at radius 3 is 3.13 bits per heavy atom. The molecule has 0 saturated heterocycles. The summed E-state index contributed by atoms with van der Waals surface area (Å²) >= 11 is 1.94. The molecule has 0 fully saturated rings. The Morgan fingerprint density at radius 2 is 2.40 bits per heavy atom. The maximum absolute atomic E-state index is 5.66. The number of thiazole rings is 1. The van der Waals surface area contributed by atoms with Crippen LogP contribution in [-0.2, 0) is 12.8 Å². The van der Waals surface area contributed by atoms with Crippen molar-refractivity contribution in [3.05, 3.63) is 15.6 Å². The average molecular weight is 224 g/mol. The molecule has 2 N–H and O–H groups in total. The van der Waals surface area contributed by atoms with Crippen molar-refractivity contribution in [2.75, 3.05) is 6.54 Å². The largest absolute Gasteiger partial charge is 0.330 e. The molecule has 0 spiro atoms. The van der Waals surface area contributed by atoms with E-state index in [-0.39, 0.29) is 0 Å². The van der Waals surface area contributed by atoms with Gasteiger partial charge >= 0.3 is 0 Å². The summed E-state index contributed by atoms with van der Waals surface area (Å²) in [7, 11) is 0. The first-order valence-electron chi connectivity index (χ1n) is 6.03. The van der Waals surface area contributed by atoms with Gasteiger partial charge in [-0.1, -0.05) is 6.92 Å². The molecular formula is C12H20N2S. The number of aromatic nitrogens is 1. The Morgan fingerprint density at radius 1 is 1.53 bits per heavy atom. The minimum atomic E-state index is 0.653. The summed E-state index contributed by atoms with van der Waals surface area (Å²) in [6, 6.07) is 0. The van der Waals surface area contributed by atoms with E-state index in [9.17, 15) is 0 Å². The van der Waals surface area contributed by atoms with Crippen LogP contribution in [0, 0.1) is 0 Å². The quantitative estimate of drug-likeness (QED) is 0.854. The molecule has 0 aromatic carbocycles. The Labute approximate surface area is 95.9 Å². The molecule has 1 aromatic heterocycles. The molecule has 1 aromatic rings. The summed E-state index contributed by atoms with van der Waals surface area (Å²) in [5, 5.41) is 1.34. The van der Waals surface area contributed by atoms with E-state index in [0.717, 1.165) is 19.4 Å². The van der Waals surface area contributed by atoms with Gasteiger partial charge in [0.2, 0.25) is 0 Å². The van der Waals surface area contributed by atoms with Crippen molar-refractivity contribution >= 4 is 11.3 Å². The lowest BCUT2D eigenvalue weighted by Gasteiger charge is -2.20. The molecule has 84 valence electrons. The van der Waals surface area contributed by atoms with Gasteiger partial charge < -0.3 is 5.73 Å². The van der Waals surface area contributed by atoms with Crippen LogP contribution in [0.2, 0.25) is 0 Å². The predicted molar refractivity (Wildman–Crippen MR) is 65.5 cm³/mol. The van der Waals surface area contributed by atoms with E-state index < -0.39 is 0 Å². The smallest absolute Gasteiger partial charge is 0.0931 e. The molecule has 1 heterocycles. The standard InChI is InChI=1S/C12H20N2S/c1-2-4-11-14-12-9(7-8-13)5-3-6-10(12)15-11/h9H,2-8,13H2,1H3. The summed E-state index contributed by atoms with van der Waals surface area (Å²) in [6.45, 7) is 3.02. The van der Waals surface area contributed by atoms with E-state index in [1.807, 2.05) is 11.3 Å². The van der Waals surface area contributed by atoms with Gasteiger partial charge in [-0.05, 0) is 45.1 Å². The van der Waals surface area contributed by atoms with Crippen LogP contribution in [0.15, 0.2) is 0 Å². The lowest BCUT2D eigenvalue weighted by molar-refractivity contribution is 0.518. The Bertz CT molecular complexity index is 319. The monoisotopic (exact) mass is 224 g/mol. The van der Waals surface area contributed by atoms with Crippen LogP contribution >= 0.6 is 11.3 Å². The summed E-state index contributed by atoms with van der Waals surface area (Å²) in [4.78, 5) is 6.35. The fourth-order valence-electron chi connectivity index (χ4n) is 2.36. The van der Waals surface area contributed by atoms with E-state index >= 15 is 0 Å². The third kappa shape index (κ3) is 2.40. The van der Waals surface area contributed by atoms with Gasteiger partial charge in [0.25, 0.3) is 0 Å². The molecule has 1 aliphatic rings. The second kappa shape index (κ2) is 5.08. The van der Waals surface area contributed by atoms with E-state index in [0.29, 0.717) is 5.92 Å². The fraction of sp³-hybridized carbons (Fsp3) is 0.750. The molecule has 2 nitrogen and oxygen atoms in total. The lowest BCUT2D eigenvalue weighted by atomic mass is 9.88. The number of hydrogen-bond donors (Lipinski definition) is 1. The molecule has 0 bridgehead atoms. The number of rotatable bonds is 4. The molecule has 0 aliphatic heterocycles. The molecule has 2 rings (SSSR count). The molecular weight excluding hydrogens is 204 g/mol. The highest BCUT2D eigenvalue weighted by Gasteiger charge is 2.23. The first-order valence-corrected chi connectivity index (χ1v) is 6.85. The summed E-state index contributed by atoms with van der Waals surface area (Å²) in [6.07, 6.45) is 7.33. The number of nitrogens with zero attached hydrogens (tertiary/aromatic N) is 1. The van der Waals surface area contributed by atoms with Crippen molar-refractivity contribution in [1.29, 1.82) is 0 Å². The van der Waals surface area contributed by atoms with Crippen LogP contribution in [0.1, 0.15) is 54.1 Å². The zero-order chi connectivity index (χ0) is 10.7. The summed E-state index contributed by atoms with van der Waals surface area (Å²) in [5.41, 5.74) is 7.05. The highest BCUT2D eigenvalue weighted by Crippen LogP contribution is 2.36. The highest BCUT2D eigenvalue weighted by molar-refractivity contribution is 7.11. The van der Waals surface area contributed by atoms with Crippen LogP contribution in [0.4, 0.5) is 0 Å². The van der Waals surface area contributed by atoms with E-state index in [1.165, 1.54) is 36.4 Å². The second-order valence-electron chi connectivity index (χ2n) is 4.33. The summed E-state index contributed by atoms with van der Waals surface area (Å²) in [5.74, 6) is 0.653. The number of fused-ring (bicyclic) bond motifs is 1. The molecule has 3 heteroatoms. The topological polar surface area (TPSA) is 38.9 Å². The Hall–Kier alpha value is -0.410.